The summed E-state index contributed by atoms with van der Waals surface area (Å²) >= 11 is 0. The molecular formula is C25H23N3O5. The molecule has 0 unspecified atom stereocenters. The fourth-order valence-corrected chi connectivity index (χ4v) is 3.28. The number of nitrogens with one attached hydrogen (secondary N) is 2. The molecule has 0 aliphatic rings. The molecule has 0 saturated carbocycles. The Morgan fingerprint density at radius 3 is 2.21 bits per heavy atom. The standard InChI is InChI=1S/C25H23N3O5/c1-16-12-17(2)14-19(13-16)26-25(30)22(15-18-8-10-20(11-9-18)28(31)32)27-24(29)21-6-4-5-7-23(21)33-3/h4-15H,1-3H3,(H,26,30)(H,27,29)/b22-15-. The van der Waals surface area contributed by atoms with Gasteiger partial charge in [0.2, 0.25) is 0 Å². The van der Waals surface area contributed by atoms with E-state index in [1.54, 1.807) is 24.3 Å². The first kappa shape index (κ1) is 23.2. The number of rotatable bonds is 7. The summed E-state index contributed by atoms with van der Waals surface area (Å²) in [5.74, 6) is -0.711. The molecule has 3 aromatic carbocycles. The topological polar surface area (TPSA) is 111 Å². The van der Waals surface area contributed by atoms with E-state index in [-0.39, 0.29) is 16.9 Å². The van der Waals surface area contributed by atoms with Crippen molar-refractivity contribution in [3.05, 3.63) is 105 Å². The normalized spacial score (nSPS) is 10.9. The number of amides is 2. The van der Waals surface area contributed by atoms with Gasteiger partial charge in [0.25, 0.3) is 17.5 Å². The van der Waals surface area contributed by atoms with Gasteiger partial charge in [-0.3, -0.25) is 19.7 Å². The lowest BCUT2D eigenvalue weighted by Crippen LogP contribution is -2.31. The third kappa shape index (κ3) is 6.04. The number of nitrogens with zero attached hydrogens (tertiary/aromatic N) is 1. The van der Waals surface area contributed by atoms with Gasteiger partial charge in [-0.05, 0) is 73.0 Å². The number of para-hydroxylation sites is 1. The third-order valence-electron chi connectivity index (χ3n) is 4.74. The van der Waals surface area contributed by atoms with Gasteiger partial charge in [-0.25, -0.2) is 0 Å². The van der Waals surface area contributed by atoms with E-state index in [4.69, 9.17) is 4.74 Å². The highest BCUT2D eigenvalue weighted by Crippen LogP contribution is 2.20. The minimum absolute atomic E-state index is 0.0288. The number of ether oxygens (including phenoxy) is 1. The number of non-ortho nitro benzene ring substituents is 1. The van der Waals surface area contributed by atoms with E-state index in [0.29, 0.717) is 17.0 Å². The molecule has 8 nitrogen and oxygen atoms in total. The van der Waals surface area contributed by atoms with Gasteiger partial charge in [0, 0.05) is 17.8 Å². The first-order valence-corrected chi connectivity index (χ1v) is 10.1. The Labute approximate surface area is 191 Å². The van der Waals surface area contributed by atoms with Crippen LogP contribution in [0.2, 0.25) is 0 Å². The van der Waals surface area contributed by atoms with Crippen LogP contribution in [0.25, 0.3) is 6.08 Å². The van der Waals surface area contributed by atoms with Crippen molar-refractivity contribution in [1.29, 1.82) is 0 Å². The second-order valence-electron chi connectivity index (χ2n) is 7.39. The van der Waals surface area contributed by atoms with Crippen LogP contribution in [0.5, 0.6) is 5.75 Å². The highest BCUT2D eigenvalue weighted by Gasteiger charge is 2.18. The molecule has 0 fully saturated rings. The lowest BCUT2D eigenvalue weighted by Gasteiger charge is -2.13. The van der Waals surface area contributed by atoms with E-state index in [1.165, 1.54) is 37.5 Å². The van der Waals surface area contributed by atoms with Crippen molar-refractivity contribution in [3.8, 4) is 5.75 Å². The van der Waals surface area contributed by atoms with Crippen molar-refractivity contribution in [2.75, 3.05) is 12.4 Å². The predicted molar refractivity (Wildman–Crippen MR) is 126 cm³/mol. The lowest BCUT2D eigenvalue weighted by atomic mass is 10.1. The Morgan fingerprint density at radius 2 is 1.61 bits per heavy atom. The van der Waals surface area contributed by atoms with E-state index in [0.717, 1.165) is 11.1 Å². The quantitative estimate of drug-likeness (QED) is 0.313. The molecule has 0 heterocycles. The smallest absolute Gasteiger partial charge is 0.272 e. The van der Waals surface area contributed by atoms with Crippen LogP contribution in [0.3, 0.4) is 0 Å². The Bertz CT molecular complexity index is 1210. The van der Waals surface area contributed by atoms with Crippen LogP contribution < -0.4 is 15.4 Å². The molecule has 3 rings (SSSR count). The number of anilines is 1. The van der Waals surface area contributed by atoms with E-state index >= 15 is 0 Å². The Balaban J connectivity index is 1.95. The zero-order valence-corrected chi connectivity index (χ0v) is 18.4. The van der Waals surface area contributed by atoms with Crippen molar-refractivity contribution < 1.29 is 19.2 Å². The fraction of sp³-hybridized carbons (Fsp3) is 0.120. The summed E-state index contributed by atoms with van der Waals surface area (Å²) in [6.45, 7) is 3.83. The van der Waals surface area contributed by atoms with Gasteiger partial charge in [-0.15, -0.1) is 0 Å². The molecular weight excluding hydrogens is 422 g/mol. The van der Waals surface area contributed by atoms with Crippen molar-refractivity contribution in [3.63, 3.8) is 0 Å². The van der Waals surface area contributed by atoms with Gasteiger partial charge in [0.15, 0.2) is 0 Å². The van der Waals surface area contributed by atoms with Gasteiger partial charge in [-0.2, -0.15) is 0 Å². The SMILES string of the molecule is COc1ccccc1C(=O)N/C(=C\c1ccc([N+](=O)[O-])cc1)C(=O)Nc1cc(C)cc(C)c1. The molecule has 0 aliphatic carbocycles. The summed E-state index contributed by atoms with van der Waals surface area (Å²) < 4.78 is 5.24. The maximum atomic E-state index is 13.1. The third-order valence-corrected chi connectivity index (χ3v) is 4.74. The van der Waals surface area contributed by atoms with Crippen LogP contribution in [-0.2, 0) is 4.79 Å². The first-order valence-electron chi connectivity index (χ1n) is 10.1. The van der Waals surface area contributed by atoms with E-state index in [9.17, 15) is 19.7 Å². The Hall–Kier alpha value is -4.46. The average molecular weight is 445 g/mol. The van der Waals surface area contributed by atoms with E-state index in [2.05, 4.69) is 10.6 Å². The summed E-state index contributed by atoms with van der Waals surface area (Å²) in [5.41, 5.74) is 3.19. The van der Waals surface area contributed by atoms with Crippen LogP contribution in [0, 0.1) is 24.0 Å². The zero-order chi connectivity index (χ0) is 24.0. The van der Waals surface area contributed by atoms with Crippen LogP contribution in [0.4, 0.5) is 11.4 Å². The minimum Gasteiger partial charge on any atom is -0.496 e. The fourth-order valence-electron chi connectivity index (χ4n) is 3.28. The van der Waals surface area contributed by atoms with Crippen molar-refractivity contribution in [2.24, 2.45) is 0 Å². The minimum atomic E-state index is -0.540. The van der Waals surface area contributed by atoms with Gasteiger partial charge in [0.1, 0.15) is 11.4 Å². The van der Waals surface area contributed by atoms with Crippen LogP contribution in [-0.4, -0.2) is 23.8 Å². The molecule has 8 heteroatoms. The number of methoxy groups -OCH3 is 1. The van der Waals surface area contributed by atoms with Crippen LogP contribution >= 0.6 is 0 Å². The summed E-state index contributed by atoms with van der Waals surface area (Å²) in [6.07, 6.45) is 1.45. The molecule has 0 saturated heterocycles. The molecule has 0 atom stereocenters. The van der Waals surface area contributed by atoms with E-state index in [1.807, 2.05) is 32.0 Å². The molecule has 168 valence electrons. The number of benzene rings is 3. The predicted octanol–water partition coefficient (Wildman–Crippen LogP) is 4.63. The van der Waals surface area contributed by atoms with Gasteiger partial charge < -0.3 is 15.4 Å². The highest BCUT2D eigenvalue weighted by atomic mass is 16.6. The highest BCUT2D eigenvalue weighted by molar-refractivity contribution is 6.11. The zero-order valence-electron chi connectivity index (χ0n) is 18.4. The second kappa shape index (κ2) is 10.2. The van der Waals surface area contributed by atoms with E-state index < -0.39 is 16.7 Å². The summed E-state index contributed by atoms with van der Waals surface area (Å²) in [7, 11) is 1.45. The monoisotopic (exact) mass is 445 g/mol. The summed E-state index contributed by atoms with van der Waals surface area (Å²) in [5, 5.41) is 16.4. The lowest BCUT2D eigenvalue weighted by molar-refractivity contribution is -0.384. The number of carbonyl (C=O) groups excluding carboxylic acids is 2. The van der Waals surface area contributed by atoms with Crippen LogP contribution in [0.1, 0.15) is 27.0 Å². The van der Waals surface area contributed by atoms with Crippen molar-refractivity contribution in [1.82, 2.24) is 5.32 Å². The molecule has 2 amide bonds. The maximum absolute atomic E-state index is 13.1. The van der Waals surface area contributed by atoms with Gasteiger partial charge in [0.05, 0.1) is 17.6 Å². The largest absolute Gasteiger partial charge is 0.496 e. The van der Waals surface area contributed by atoms with Crippen molar-refractivity contribution >= 4 is 29.3 Å². The number of hydrogen-bond acceptors (Lipinski definition) is 5. The molecule has 0 spiro atoms. The molecule has 33 heavy (non-hydrogen) atoms. The second-order valence-corrected chi connectivity index (χ2v) is 7.39. The summed E-state index contributed by atoms with van der Waals surface area (Å²) in [4.78, 5) is 36.4. The maximum Gasteiger partial charge on any atom is 0.272 e. The van der Waals surface area contributed by atoms with Crippen LogP contribution in [0.15, 0.2) is 72.4 Å². The molecule has 0 aromatic heterocycles. The molecule has 2 N–H and O–H groups in total. The Morgan fingerprint density at radius 1 is 0.970 bits per heavy atom. The Kier molecular flexibility index (Phi) is 7.20. The molecule has 0 radical (unpaired) electrons. The van der Waals surface area contributed by atoms with Crippen molar-refractivity contribution in [2.45, 2.75) is 13.8 Å². The van der Waals surface area contributed by atoms with Gasteiger partial charge in [-0.1, -0.05) is 18.2 Å². The number of nitro benzene ring substituents is 1. The molecule has 3 aromatic rings. The number of carbonyl (C=O) groups is 2. The number of hydrogen-bond donors (Lipinski definition) is 2. The van der Waals surface area contributed by atoms with Gasteiger partial charge >= 0.3 is 0 Å². The average Bonchev–Trinajstić information content (AvgIpc) is 2.78. The molecule has 0 aliphatic heterocycles. The number of nitro groups is 1. The number of aryl methyl sites for hydroxylation is 2. The summed E-state index contributed by atoms with van der Waals surface area (Å²) in [6, 6.07) is 17.9. The first-order chi connectivity index (χ1) is 15.8. The molecule has 0 bridgehead atoms.